The first-order valence-electron chi connectivity index (χ1n) is 8.18. The molecule has 3 rings (SSSR count). The van der Waals surface area contributed by atoms with Gasteiger partial charge in [-0.25, -0.2) is 0 Å². The summed E-state index contributed by atoms with van der Waals surface area (Å²) in [6, 6.07) is 13.6. The van der Waals surface area contributed by atoms with Gasteiger partial charge in [-0.2, -0.15) is 0 Å². The average Bonchev–Trinajstić information content (AvgIpc) is 2.96. The molecule has 0 saturated heterocycles. The minimum absolute atomic E-state index is 0.0299. The van der Waals surface area contributed by atoms with Crippen LogP contribution in [-0.4, -0.2) is 17.5 Å². The average molecular weight is 418 g/mol. The number of Topliss-reactive ketones (excluding diaryl/α,β-unsaturated/α-hetero) is 1. The zero-order valence-electron chi connectivity index (χ0n) is 13.6. The highest BCUT2D eigenvalue weighted by Crippen LogP contribution is 2.36. The number of fused-ring (bicyclic) bond motifs is 1. The van der Waals surface area contributed by atoms with Gasteiger partial charge in [-0.1, -0.05) is 57.9 Å². The molecule has 0 aromatic heterocycles. The van der Waals surface area contributed by atoms with Crippen LogP contribution in [0, 0.1) is 0 Å². The SMILES string of the molecule is O=C(CCCO)C1=C(/C=C/c2ccc(Cl)cc2)Cc2cc(Br)ccc21. The first-order valence-corrected chi connectivity index (χ1v) is 9.35. The van der Waals surface area contributed by atoms with Gasteiger partial charge in [-0.3, -0.25) is 4.79 Å². The fourth-order valence-electron chi connectivity index (χ4n) is 3.03. The summed E-state index contributed by atoms with van der Waals surface area (Å²) in [5.74, 6) is 0.0888. The summed E-state index contributed by atoms with van der Waals surface area (Å²) in [6.07, 6.45) is 5.61. The van der Waals surface area contributed by atoms with Crippen LogP contribution in [-0.2, 0) is 11.2 Å². The predicted molar refractivity (Wildman–Crippen MR) is 107 cm³/mol. The van der Waals surface area contributed by atoms with Gasteiger partial charge in [-0.05, 0) is 59.4 Å². The molecule has 1 aliphatic carbocycles. The fourth-order valence-corrected chi connectivity index (χ4v) is 3.56. The molecule has 0 aliphatic heterocycles. The maximum Gasteiger partial charge on any atom is 0.163 e. The zero-order valence-corrected chi connectivity index (χ0v) is 16.0. The number of halogens is 2. The van der Waals surface area contributed by atoms with Crippen molar-refractivity contribution in [1.29, 1.82) is 0 Å². The number of aliphatic hydroxyl groups excluding tert-OH is 1. The largest absolute Gasteiger partial charge is 0.396 e. The van der Waals surface area contributed by atoms with E-state index in [9.17, 15) is 4.79 Å². The van der Waals surface area contributed by atoms with Gasteiger partial charge in [0.1, 0.15) is 0 Å². The van der Waals surface area contributed by atoms with E-state index >= 15 is 0 Å². The number of aliphatic hydroxyl groups is 1. The van der Waals surface area contributed by atoms with Crippen molar-refractivity contribution in [3.05, 3.63) is 80.3 Å². The molecule has 0 radical (unpaired) electrons. The molecule has 0 heterocycles. The van der Waals surface area contributed by atoms with E-state index in [4.69, 9.17) is 16.7 Å². The lowest BCUT2D eigenvalue weighted by Crippen LogP contribution is -2.03. The number of hydrogen-bond acceptors (Lipinski definition) is 2. The van der Waals surface area contributed by atoms with E-state index in [2.05, 4.69) is 22.0 Å². The van der Waals surface area contributed by atoms with Gasteiger partial charge in [-0.15, -0.1) is 0 Å². The maximum absolute atomic E-state index is 12.7. The standard InChI is InChI=1S/C21H18BrClO2/c22-17-7-10-19-16(13-17)12-15(21(19)20(25)2-1-11-24)6-3-14-4-8-18(23)9-5-14/h3-10,13,24H,1-2,11-12H2/b6-3+. The number of ketones is 1. The Morgan fingerprint density at radius 2 is 1.92 bits per heavy atom. The second-order valence-electron chi connectivity index (χ2n) is 6.01. The van der Waals surface area contributed by atoms with Crippen LogP contribution in [0.5, 0.6) is 0 Å². The van der Waals surface area contributed by atoms with Crippen molar-refractivity contribution in [2.75, 3.05) is 6.61 Å². The molecule has 0 unspecified atom stereocenters. The number of hydrogen-bond donors (Lipinski definition) is 1. The highest BCUT2D eigenvalue weighted by Gasteiger charge is 2.25. The summed E-state index contributed by atoms with van der Waals surface area (Å²) in [5.41, 5.74) is 4.99. The molecule has 1 aliphatic rings. The van der Waals surface area contributed by atoms with Crippen LogP contribution < -0.4 is 0 Å². The molecule has 2 aromatic rings. The van der Waals surface area contributed by atoms with E-state index in [1.54, 1.807) is 0 Å². The molecule has 0 fully saturated rings. The molecule has 128 valence electrons. The second-order valence-corrected chi connectivity index (χ2v) is 7.37. The summed E-state index contributed by atoms with van der Waals surface area (Å²) in [6.45, 7) is 0.0299. The van der Waals surface area contributed by atoms with Crippen LogP contribution in [0.3, 0.4) is 0 Å². The number of carbonyl (C=O) groups is 1. The van der Waals surface area contributed by atoms with Gasteiger partial charge in [0.15, 0.2) is 5.78 Å². The molecule has 25 heavy (non-hydrogen) atoms. The first-order chi connectivity index (χ1) is 12.1. The Hall–Kier alpha value is -1.68. The topological polar surface area (TPSA) is 37.3 Å². The molecule has 0 amide bonds. The molecule has 0 bridgehead atoms. The Balaban J connectivity index is 1.95. The Morgan fingerprint density at radius 1 is 1.16 bits per heavy atom. The normalized spacial score (nSPS) is 13.6. The van der Waals surface area contributed by atoms with Crippen molar-refractivity contribution in [2.24, 2.45) is 0 Å². The smallest absolute Gasteiger partial charge is 0.163 e. The van der Waals surface area contributed by atoms with Gasteiger partial charge >= 0.3 is 0 Å². The second kappa shape index (κ2) is 8.13. The Bertz CT molecular complexity index is 851. The third-order valence-electron chi connectivity index (χ3n) is 4.23. The van der Waals surface area contributed by atoms with Crippen molar-refractivity contribution in [3.63, 3.8) is 0 Å². The number of rotatable bonds is 6. The molecule has 0 saturated carbocycles. The summed E-state index contributed by atoms with van der Waals surface area (Å²) >= 11 is 9.42. The summed E-state index contributed by atoms with van der Waals surface area (Å²) in [7, 11) is 0. The zero-order chi connectivity index (χ0) is 17.8. The van der Waals surface area contributed by atoms with Gasteiger partial charge in [0, 0.05) is 28.1 Å². The third-order valence-corrected chi connectivity index (χ3v) is 4.97. The van der Waals surface area contributed by atoms with Gasteiger partial charge in [0.05, 0.1) is 0 Å². The Labute approximate surface area is 161 Å². The van der Waals surface area contributed by atoms with Crippen molar-refractivity contribution >= 4 is 45.0 Å². The highest BCUT2D eigenvalue weighted by atomic mass is 79.9. The lowest BCUT2D eigenvalue weighted by molar-refractivity contribution is -0.114. The minimum atomic E-state index is 0.0299. The van der Waals surface area contributed by atoms with Crippen LogP contribution >= 0.6 is 27.5 Å². The molecule has 0 atom stereocenters. The number of carbonyl (C=O) groups excluding carboxylic acids is 1. The molecule has 2 aromatic carbocycles. The van der Waals surface area contributed by atoms with Crippen LogP contribution in [0.25, 0.3) is 11.6 Å². The predicted octanol–water partition coefficient (Wildman–Crippen LogP) is 5.47. The lowest BCUT2D eigenvalue weighted by atomic mass is 9.98. The Kier molecular flexibility index (Phi) is 5.89. The molecular weight excluding hydrogens is 400 g/mol. The van der Waals surface area contributed by atoms with E-state index in [-0.39, 0.29) is 12.4 Å². The quantitative estimate of drug-likeness (QED) is 0.677. The maximum atomic E-state index is 12.7. The molecule has 2 nitrogen and oxygen atoms in total. The van der Waals surface area contributed by atoms with Crippen LogP contribution in [0.2, 0.25) is 5.02 Å². The van der Waals surface area contributed by atoms with Gasteiger partial charge in [0.25, 0.3) is 0 Å². The van der Waals surface area contributed by atoms with Crippen molar-refractivity contribution < 1.29 is 9.90 Å². The number of benzene rings is 2. The Morgan fingerprint density at radius 3 is 2.64 bits per heavy atom. The first kappa shape index (κ1) is 18.1. The molecule has 1 N–H and O–H groups in total. The van der Waals surface area contributed by atoms with Crippen LogP contribution in [0.4, 0.5) is 0 Å². The molecule has 4 heteroatoms. The fraction of sp³-hybridized carbons (Fsp3) is 0.190. The van der Waals surface area contributed by atoms with Crippen molar-refractivity contribution in [3.8, 4) is 0 Å². The van der Waals surface area contributed by atoms with Gasteiger partial charge in [0.2, 0.25) is 0 Å². The minimum Gasteiger partial charge on any atom is -0.396 e. The number of allylic oxidation sites excluding steroid dienone is 3. The van der Waals surface area contributed by atoms with E-state index in [0.717, 1.165) is 38.7 Å². The molecule has 0 spiro atoms. The monoisotopic (exact) mass is 416 g/mol. The summed E-state index contributed by atoms with van der Waals surface area (Å²) in [4.78, 5) is 12.7. The summed E-state index contributed by atoms with van der Waals surface area (Å²) < 4.78 is 1.01. The molecular formula is C21H18BrClO2. The van der Waals surface area contributed by atoms with Crippen molar-refractivity contribution in [1.82, 2.24) is 0 Å². The van der Waals surface area contributed by atoms with E-state index in [1.165, 1.54) is 0 Å². The van der Waals surface area contributed by atoms with E-state index in [0.29, 0.717) is 17.9 Å². The van der Waals surface area contributed by atoms with Crippen LogP contribution in [0.1, 0.15) is 29.5 Å². The van der Waals surface area contributed by atoms with E-state index in [1.807, 2.05) is 48.6 Å². The van der Waals surface area contributed by atoms with E-state index < -0.39 is 0 Å². The summed E-state index contributed by atoms with van der Waals surface area (Å²) in [5, 5.41) is 9.73. The highest BCUT2D eigenvalue weighted by molar-refractivity contribution is 9.10. The van der Waals surface area contributed by atoms with Gasteiger partial charge < -0.3 is 5.11 Å². The third kappa shape index (κ3) is 4.30. The lowest BCUT2D eigenvalue weighted by Gasteiger charge is -2.06. The van der Waals surface area contributed by atoms with Crippen molar-refractivity contribution in [2.45, 2.75) is 19.3 Å². The van der Waals surface area contributed by atoms with Crippen LogP contribution in [0.15, 0.2) is 58.6 Å².